The average Bonchev–Trinajstić information content (AvgIpc) is 3.20. The Kier molecular flexibility index (Phi) is 5.06. The number of carbonyl (C=O) groups is 1. The van der Waals surface area contributed by atoms with E-state index in [2.05, 4.69) is 16.7 Å². The summed E-state index contributed by atoms with van der Waals surface area (Å²) in [5.41, 5.74) is 1.83. The van der Waals surface area contributed by atoms with E-state index in [-0.39, 0.29) is 6.03 Å². The van der Waals surface area contributed by atoms with Gasteiger partial charge in [-0.25, -0.2) is 4.79 Å². The normalized spacial score (nSPS) is 14.9. The van der Waals surface area contributed by atoms with Crippen LogP contribution in [0.15, 0.2) is 52.2 Å². The number of rotatable bonds is 5. The summed E-state index contributed by atoms with van der Waals surface area (Å²) in [6.07, 6.45) is 8.40. The van der Waals surface area contributed by atoms with Crippen molar-refractivity contribution in [2.75, 3.05) is 5.32 Å². The molecule has 5 heteroatoms. The fraction of sp³-hybridized carbons (Fsp3) is 0.353. The van der Waals surface area contributed by atoms with Crippen LogP contribution < -0.4 is 10.6 Å². The van der Waals surface area contributed by atoms with Crippen molar-refractivity contribution in [3.63, 3.8) is 0 Å². The van der Waals surface area contributed by atoms with Crippen LogP contribution in [0.4, 0.5) is 10.5 Å². The summed E-state index contributed by atoms with van der Waals surface area (Å²) in [4.78, 5) is 13.2. The van der Waals surface area contributed by atoms with Gasteiger partial charge in [0, 0.05) is 22.3 Å². The minimum absolute atomic E-state index is 0.194. The number of anilines is 1. The lowest BCUT2D eigenvalue weighted by atomic mass is 10.3. The lowest BCUT2D eigenvalue weighted by molar-refractivity contribution is 0.251. The average molecular weight is 316 g/mol. The maximum atomic E-state index is 12.0. The summed E-state index contributed by atoms with van der Waals surface area (Å²) in [6, 6.07) is 9.64. The predicted molar refractivity (Wildman–Crippen MR) is 89.1 cm³/mol. The molecule has 116 valence electrons. The third-order valence-corrected chi connectivity index (χ3v) is 5.18. The third kappa shape index (κ3) is 4.07. The summed E-state index contributed by atoms with van der Waals surface area (Å²) >= 11 is 1.88. The van der Waals surface area contributed by atoms with Gasteiger partial charge < -0.3 is 15.1 Å². The zero-order chi connectivity index (χ0) is 15.2. The second-order valence-electron chi connectivity index (χ2n) is 5.46. The van der Waals surface area contributed by atoms with Crippen LogP contribution in [0.3, 0.4) is 0 Å². The molecule has 1 aliphatic rings. The van der Waals surface area contributed by atoms with Crippen molar-refractivity contribution < 1.29 is 9.21 Å². The van der Waals surface area contributed by atoms with Crippen LogP contribution in [0.2, 0.25) is 0 Å². The molecular formula is C17H20N2O2S. The van der Waals surface area contributed by atoms with E-state index in [1.165, 1.54) is 25.7 Å². The molecule has 2 N–H and O–H groups in total. The zero-order valence-corrected chi connectivity index (χ0v) is 13.2. The number of amides is 2. The van der Waals surface area contributed by atoms with Crippen molar-refractivity contribution in [2.24, 2.45) is 0 Å². The molecule has 1 aliphatic carbocycles. The molecule has 2 amide bonds. The molecule has 4 nitrogen and oxygen atoms in total. The van der Waals surface area contributed by atoms with Crippen molar-refractivity contribution >= 4 is 23.5 Å². The third-order valence-electron chi connectivity index (χ3n) is 3.76. The van der Waals surface area contributed by atoms with E-state index < -0.39 is 0 Å². The fourth-order valence-corrected chi connectivity index (χ4v) is 3.93. The standard InChI is InChI=1S/C17H20N2O2S/c20-17(18-11-13-9-10-21-12-13)19-15-7-3-4-8-16(15)22-14-5-1-2-6-14/h3-4,7-10,12,14H,1-2,5-6,11H2,(H2,18,19,20). The molecule has 3 rings (SSSR count). The number of thioether (sulfide) groups is 1. The molecule has 1 aromatic carbocycles. The molecule has 1 heterocycles. The van der Waals surface area contributed by atoms with Crippen molar-refractivity contribution in [1.29, 1.82) is 0 Å². The van der Waals surface area contributed by atoms with Gasteiger partial charge in [-0.3, -0.25) is 0 Å². The Bertz CT molecular complexity index is 607. The predicted octanol–water partition coefficient (Wildman–Crippen LogP) is 4.64. The second-order valence-corrected chi connectivity index (χ2v) is 6.80. The summed E-state index contributed by atoms with van der Waals surface area (Å²) in [6.45, 7) is 0.459. The molecule has 22 heavy (non-hydrogen) atoms. The Morgan fingerprint density at radius 2 is 2.05 bits per heavy atom. The van der Waals surface area contributed by atoms with Gasteiger partial charge in [0.25, 0.3) is 0 Å². The molecule has 1 aromatic heterocycles. The molecule has 0 aliphatic heterocycles. The van der Waals surface area contributed by atoms with Crippen LogP contribution in [0, 0.1) is 0 Å². The zero-order valence-electron chi connectivity index (χ0n) is 12.4. The quantitative estimate of drug-likeness (QED) is 0.845. The first-order valence-corrected chi connectivity index (χ1v) is 8.51. The monoisotopic (exact) mass is 316 g/mol. The largest absolute Gasteiger partial charge is 0.472 e. The molecule has 1 saturated carbocycles. The maximum Gasteiger partial charge on any atom is 0.319 e. The second kappa shape index (κ2) is 7.40. The number of nitrogens with one attached hydrogen (secondary N) is 2. The van der Waals surface area contributed by atoms with Crippen LogP contribution in [0.25, 0.3) is 0 Å². The van der Waals surface area contributed by atoms with Gasteiger partial charge in [0.1, 0.15) is 0 Å². The van der Waals surface area contributed by atoms with Crippen LogP contribution in [-0.4, -0.2) is 11.3 Å². The van der Waals surface area contributed by atoms with Gasteiger partial charge in [-0.2, -0.15) is 0 Å². The number of urea groups is 1. The topological polar surface area (TPSA) is 54.3 Å². The van der Waals surface area contributed by atoms with Crippen molar-refractivity contribution in [3.05, 3.63) is 48.4 Å². The van der Waals surface area contributed by atoms with Crippen molar-refractivity contribution in [1.82, 2.24) is 5.32 Å². The molecule has 0 atom stereocenters. The van der Waals surface area contributed by atoms with E-state index in [1.807, 2.05) is 36.0 Å². The van der Waals surface area contributed by atoms with Crippen LogP contribution in [0.5, 0.6) is 0 Å². The number of benzene rings is 1. The number of furan rings is 1. The van der Waals surface area contributed by atoms with Gasteiger partial charge in [0.2, 0.25) is 0 Å². The Hall–Kier alpha value is -1.88. The van der Waals surface area contributed by atoms with Gasteiger partial charge in [-0.05, 0) is 31.0 Å². The number of hydrogen-bond donors (Lipinski definition) is 2. The minimum Gasteiger partial charge on any atom is -0.472 e. The highest BCUT2D eigenvalue weighted by Gasteiger charge is 2.18. The fourth-order valence-electron chi connectivity index (χ4n) is 2.60. The van der Waals surface area contributed by atoms with E-state index in [0.717, 1.165) is 16.1 Å². The summed E-state index contributed by atoms with van der Waals surface area (Å²) in [5, 5.41) is 6.46. The maximum absolute atomic E-state index is 12.0. The number of carbonyl (C=O) groups excluding carboxylic acids is 1. The van der Waals surface area contributed by atoms with E-state index >= 15 is 0 Å². The van der Waals surface area contributed by atoms with Crippen molar-refractivity contribution in [2.45, 2.75) is 42.4 Å². The SMILES string of the molecule is O=C(NCc1ccoc1)Nc1ccccc1SC1CCCC1. The lowest BCUT2D eigenvalue weighted by Crippen LogP contribution is -2.28. The van der Waals surface area contributed by atoms with E-state index in [4.69, 9.17) is 4.42 Å². The Balaban J connectivity index is 1.57. The van der Waals surface area contributed by atoms with Gasteiger partial charge in [0.05, 0.1) is 18.2 Å². The molecule has 0 radical (unpaired) electrons. The molecule has 0 spiro atoms. The van der Waals surface area contributed by atoms with Crippen LogP contribution in [0.1, 0.15) is 31.2 Å². The van der Waals surface area contributed by atoms with Gasteiger partial charge in [0.15, 0.2) is 0 Å². The highest BCUT2D eigenvalue weighted by molar-refractivity contribution is 8.00. The summed E-state index contributed by atoms with van der Waals surface area (Å²) < 4.78 is 4.98. The highest BCUT2D eigenvalue weighted by Crippen LogP contribution is 2.37. The molecule has 0 saturated heterocycles. The first-order valence-electron chi connectivity index (χ1n) is 7.63. The van der Waals surface area contributed by atoms with Gasteiger partial charge in [-0.15, -0.1) is 11.8 Å². The first kappa shape index (κ1) is 15.0. The number of para-hydroxylation sites is 1. The molecule has 0 unspecified atom stereocenters. The van der Waals surface area contributed by atoms with Gasteiger partial charge >= 0.3 is 6.03 Å². The Morgan fingerprint density at radius 1 is 1.23 bits per heavy atom. The molecule has 0 bridgehead atoms. The highest BCUT2D eigenvalue weighted by atomic mass is 32.2. The smallest absolute Gasteiger partial charge is 0.319 e. The number of hydrogen-bond acceptors (Lipinski definition) is 3. The molecule has 1 fully saturated rings. The van der Waals surface area contributed by atoms with Crippen LogP contribution >= 0.6 is 11.8 Å². The summed E-state index contributed by atoms with van der Waals surface area (Å²) in [7, 11) is 0. The Labute approximate surface area is 134 Å². The van der Waals surface area contributed by atoms with Crippen LogP contribution in [-0.2, 0) is 6.54 Å². The lowest BCUT2D eigenvalue weighted by Gasteiger charge is -2.14. The van der Waals surface area contributed by atoms with E-state index in [0.29, 0.717) is 11.8 Å². The van der Waals surface area contributed by atoms with Crippen molar-refractivity contribution in [3.8, 4) is 0 Å². The van der Waals surface area contributed by atoms with E-state index in [1.54, 1.807) is 12.5 Å². The first-order chi connectivity index (χ1) is 10.8. The summed E-state index contributed by atoms with van der Waals surface area (Å²) in [5.74, 6) is 0. The Morgan fingerprint density at radius 3 is 2.82 bits per heavy atom. The molecular weight excluding hydrogens is 296 g/mol. The molecule has 2 aromatic rings. The van der Waals surface area contributed by atoms with Gasteiger partial charge in [-0.1, -0.05) is 25.0 Å². The van der Waals surface area contributed by atoms with E-state index in [9.17, 15) is 4.79 Å². The minimum atomic E-state index is -0.194.